The number of hydrogen-bond donors (Lipinski definition) is 1. The average molecular weight is 570 g/mol. The molecular formula is C26H37ClFN5O4S. The molecule has 1 aromatic carbocycles. The molecule has 2 aromatic rings. The number of nitrogens with one attached hydrogen (secondary N) is 1. The maximum atomic E-state index is 14.4. The summed E-state index contributed by atoms with van der Waals surface area (Å²) in [7, 11) is 3.92. The van der Waals surface area contributed by atoms with Crippen LogP contribution in [0, 0.1) is 11.7 Å². The molecule has 0 saturated heterocycles. The predicted molar refractivity (Wildman–Crippen MR) is 146 cm³/mol. The number of hydrogen-bond acceptors (Lipinski definition) is 8. The molecule has 0 bridgehead atoms. The van der Waals surface area contributed by atoms with Gasteiger partial charge in [0.1, 0.15) is 17.5 Å². The van der Waals surface area contributed by atoms with Gasteiger partial charge < -0.3 is 19.5 Å². The molecule has 1 aliphatic carbocycles. The van der Waals surface area contributed by atoms with E-state index in [1.807, 2.05) is 32.8 Å². The summed E-state index contributed by atoms with van der Waals surface area (Å²) >= 11 is 1.35. The number of aromatic nitrogens is 2. The number of nitrogens with zero attached hydrogens (tertiary/aromatic N) is 4. The molecule has 1 unspecified atom stereocenters. The first-order chi connectivity index (χ1) is 17.7. The Kier molecular flexibility index (Phi) is 12.2. The van der Waals surface area contributed by atoms with Gasteiger partial charge in [-0.1, -0.05) is 44.2 Å². The minimum atomic E-state index is -1.14. The Labute approximate surface area is 233 Å². The number of thioether (sulfide) groups is 1. The average Bonchev–Trinajstić information content (AvgIpc) is 3.32. The van der Waals surface area contributed by atoms with Gasteiger partial charge in [0.2, 0.25) is 12.2 Å². The van der Waals surface area contributed by atoms with E-state index in [0.717, 1.165) is 25.8 Å². The Hall–Kier alpha value is -2.50. The van der Waals surface area contributed by atoms with Gasteiger partial charge in [0.25, 0.3) is 17.0 Å². The van der Waals surface area contributed by atoms with Crippen molar-refractivity contribution in [2.24, 2.45) is 5.92 Å². The highest BCUT2D eigenvalue weighted by atomic mass is 35.5. The molecule has 1 atom stereocenters. The zero-order chi connectivity index (χ0) is 27.0. The molecule has 210 valence electrons. The van der Waals surface area contributed by atoms with E-state index in [4.69, 9.17) is 4.42 Å². The fourth-order valence-electron chi connectivity index (χ4n) is 4.60. The molecule has 1 aromatic heterocycles. The summed E-state index contributed by atoms with van der Waals surface area (Å²) in [5.74, 6) is -1.15. The third-order valence-corrected chi connectivity index (χ3v) is 7.27. The van der Waals surface area contributed by atoms with Gasteiger partial charge in [-0.25, -0.2) is 4.39 Å². The molecule has 1 N–H and O–H groups in total. The summed E-state index contributed by atoms with van der Waals surface area (Å²) in [6.07, 6.45) is 4.27. The van der Waals surface area contributed by atoms with Crippen LogP contribution in [-0.2, 0) is 4.79 Å². The normalized spacial score (nSPS) is 15.6. The van der Waals surface area contributed by atoms with E-state index < -0.39 is 29.2 Å². The van der Waals surface area contributed by atoms with Gasteiger partial charge in [0.05, 0.1) is 5.56 Å². The lowest BCUT2D eigenvalue weighted by Crippen LogP contribution is -2.65. The summed E-state index contributed by atoms with van der Waals surface area (Å²) in [5, 5.41) is 11.2. The van der Waals surface area contributed by atoms with Crippen molar-refractivity contribution in [2.45, 2.75) is 69.3 Å². The Morgan fingerprint density at radius 2 is 1.87 bits per heavy atom. The van der Waals surface area contributed by atoms with Crippen LogP contribution < -0.4 is 5.32 Å². The van der Waals surface area contributed by atoms with Crippen LogP contribution >= 0.6 is 24.2 Å². The van der Waals surface area contributed by atoms with E-state index in [1.54, 1.807) is 6.07 Å². The molecule has 12 heteroatoms. The lowest BCUT2D eigenvalue weighted by Gasteiger charge is -2.48. The molecule has 1 heterocycles. The van der Waals surface area contributed by atoms with E-state index >= 15 is 0 Å². The molecule has 1 saturated carbocycles. The summed E-state index contributed by atoms with van der Waals surface area (Å²) in [4.78, 5) is 42.9. The van der Waals surface area contributed by atoms with Crippen LogP contribution in [0.5, 0.6) is 0 Å². The first-order valence-electron chi connectivity index (χ1n) is 12.6. The lowest BCUT2D eigenvalue weighted by atomic mass is 9.84. The number of Topliss-reactive ketones (excluding diaryl/α,β-unsaturated/α-hetero) is 1. The van der Waals surface area contributed by atoms with E-state index in [0.29, 0.717) is 31.4 Å². The molecule has 1 aliphatic rings. The van der Waals surface area contributed by atoms with Crippen LogP contribution in [0.4, 0.5) is 4.39 Å². The largest absolute Gasteiger partial charge is 0.408 e. The highest BCUT2D eigenvalue weighted by molar-refractivity contribution is 7.99. The van der Waals surface area contributed by atoms with Crippen molar-refractivity contribution < 1.29 is 23.2 Å². The topological polar surface area (TPSA) is 109 Å². The number of amides is 2. The smallest absolute Gasteiger partial charge is 0.286 e. The maximum Gasteiger partial charge on any atom is 0.286 e. The fourth-order valence-corrected chi connectivity index (χ4v) is 5.47. The first-order valence-corrected chi connectivity index (χ1v) is 13.6. The monoisotopic (exact) mass is 569 g/mol. The van der Waals surface area contributed by atoms with Crippen LogP contribution in [0.25, 0.3) is 0 Å². The Balaban J connectivity index is 0.00000507. The predicted octanol–water partition coefficient (Wildman–Crippen LogP) is 4.43. The van der Waals surface area contributed by atoms with Crippen molar-refractivity contribution in [3.63, 3.8) is 0 Å². The van der Waals surface area contributed by atoms with Crippen molar-refractivity contribution in [3.05, 3.63) is 41.5 Å². The number of carbonyl (C=O) groups is 3. The van der Waals surface area contributed by atoms with E-state index in [9.17, 15) is 18.8 Å². The van der Waals surface area contributed by atoms with Crippen molar-refractivity contribution >= 4 is 42.3 Å². The van der Waals surface area contributed by atoms with Crippen molar-refractivity contribution in [1.82, 2.24) is 25.3 Å². The second kappa shape index (κ2) is 14.6. The second-order valence-corrected chi connectivity index (χ2v) is 11.1. The van der Waals surface area contributed by atoms with Gasteiger partial charge in [-0.2, -0.15) is 0 Å². The standard InChI is InChI=1S/C26H36FN5O4S.ClH/c1-18(2)16-21(22(34)24-29-30-25(36-24)37-15-14-31(3)4)32(17-33)26(12-8-5-9-13-26)28-23(35)19-10-6-7-11-20(19)27;/h6-7,10-11,17-18,21H,5,8-9,12-16H2,1-4H3,(H,28,35);1H. The van der Waals surface area contributed by atoms with Crippen molar-refractivity contribution in [1.29, 1.82) is 0 Å². The number of rotatable bonds is 13. The van der Waals surface area contributed by atoms with Crippen LogP contribution in [-0.4, -0.2) is 76.2 Å². The highest BCUT2D eigenvalue weighted by Crippen LogP contribution is 2.35. The SMILES string of the molecule is CC(C)CC(C(=O)c1nnc(SCCN(C)C)o1)N(C=O)C1(NC(=O)c2ccccc2F)CCCCC1.Cl. The summed E-state index contributed by atoms with van der Waals surface area (Å²) in [6, 6.07) is 4.77. The van der Waals surface area contributed by atoms with E-state index in [2.05, 4.69) is 15.5 Å². The molecule has 1 fully saturated rings. The Morgan fingerprint density at radius 3 is 2.47 bits per heavy atom. The third-order valence-electron chi connectivity index (χ3n) is 6.47. The summed E-state index contributed by atoms with van der Waals surface area (Å²) < 4.78 is 20.1. The van der Waals surface area contributed by atoms with Gasteiger partial charge in [0.15, 0.2) is 0 Å². The minimum Gasteiger partial charge on any atom is -0.408 e. The summed E-state index contributed by atoms with van der Waals surface area (Å²) in [5.41, 5.74) is -1.25. The van der Waals surface area contributed by atoms with Crippen molar-refractivity contribution in [3.8, 4) is 0 Å². The molecule has 0 spiro atoms. The minimum absolute atomic E-state index is 0. The van der Waals surface area contributed by atoms with Gasteiger partial charge in [-0.3, -0.25) is 14.4 Å². The Bertz CT molecular complexity index is 1080. The van der Waals surface area contributed by atoms with Gasteiger partial charge in [-0.15, -0.1) is 22.6 Å². The molecule has 0 radical (unpaired) electrons. The molecular weight excluding hydrogens is 533 g/mol. The van der Waals surface area contributed by atoms with Gasteiger partial charge in [0, 0.05) is 12.3 Å². The van der Waals surface area contributed by atoms with Crippen LogP contribution in [0.2, 0.25) is 0 Å². The maximum absolute atomic E-state index is 14.4. The number of benzene rings is 1. The van der Waals surface area contributed by atoms with Crippen LogP contribution in [0.15, 0.2) is 33.9 Å². The fraction of sp³-hybridized carbons (Fsp3) is 0.577. The summed E-state index contributed by atoms with van der Waals surface area (Å²) in [6.45, 7) is 4.70. The van der Waals surface area contributed by atoms with Gasteiger partial charge in [-0.05, 0) is 64.3 Å². The van der Waals surface area contributed by atoms with Crippen molar-refractivity contribution in [2.75, 3.05) is 26.4 Å². The number of ketones is 1. The second-order valence-electron chi connectivity index (χ2n) is 10.1. The molecule has 38 heavy (non-hydrogen) atoms. The number of halogens is 2. The van der Waals surface area contributed by atoms with E-state index in [-0.39, 0.29) is 35.0 Å². The molecule has 2 amide bonds. The third kappa shape index (κ3) is 8.00. The highest BCUT2D eigenvalue weighted by Gasteiger charge is 2.45. The molecule has 9 nitrogen and oxygen atoms in total. The molecule has 0 aliphatic heterocycles. The van der Waals surface area contributed by atoms with Crippen LogP contribution in [0.1, 0.15) is 73.4 Å². The first kappa shape index (κ1) is 31.7. The lowest BCUT2D eigenvalue weighted by molar-refractivity contribution is -0.129. The Morgan fingerprint density at radius 1 is 1.18 bits per heavy atom. The molecule has 3 rings (SSSR count). The zero-order valence-electron chi connectivity index (χ0n) is 22.3. The number of carbonyl (C=O) groups excluding carboxylic acids is 3. The van der Waals surface area contributed by atoms with Gasteiger partial charge >= 0.3 is 0 Å². The van der Waals surface area contributed by atoms with Crippen LogP contribution in [0.3, 0.4) is 0 Å². The van der Waals surface area contributed by atoms with E-state index in [1.165, 1.54) is 34.9 Å². The quantitative estimate of drug-likeness (QED) is 0.163. The zero-order valence-corrected chi connectivity index (χ0v) is 23.9.